The van der Waals surface area contributed by atoms with Crippen molar-refractivity contribution in [2.24, 2.45) is 5.73 Å². The molecular weight excluding hydrogens is 206 g/mol. The van der Waals surface area contributed by atoms with Crippen molar-refractivity contribution in [2.75, 3.05) is 7.11 Å². The van der Waals surface area contributed by atoms with E-state index in [1.807, 2.05) is 12.1 Å². The summed E-state index contributed by atoms with van der Waals surface area (Å²) in [6.45, 7) is 2.10. The minimum Gasteiger partial charge on any atom is -0.496 e. The van der Waals surface area contributed by atoms with Crippen LogP contribution in [-0.2, 0) is 6.42 Å². The summed E-state index contributed by atoms with van der Waals surface area (Å²) < 4.78 is 5.32. The summed E-state index contributed by atoms with van der Waals surface area (Å²) in [4.78, 5) is 0.586. The molecule has 82 valence electrons. The molecule has 3 heteroatoms. The molecule has 0 amide bonds. The zero-order chi connectivity index (χ0) is 11.3. The summed E-state index contributed by atoms with van der Waals surface area (Å²) in [6.07, 6.45) is 2.75. The number of nitrogens with two attached hydrogens (primary N) is 1. The maximum absolute atomic E-state index is 5.47. The van der Waals surface area contributed by atoms with E-state index in [9.17, 15) is 0 Å². The van der Waals surface area contributed by atoms with E-state index in [4.69, 9.17) is 22.7 Å². The lowest BCUT2D eigenvalue weighted by Gasteiger charge is -2.10. The Labute approximate surface area is 96.4 Å². The van der Waals surface area contributed by atoms with Gasteiger partial charge in [0.2, 0.25) is 0 Å². The van der Waals surface area contributed by atoms with E-state index < -0.39 is 0 Å². The molecule has 0 fully saturated rings. The Hall–Kier alpha value is -1.09. The van der Waals surface area contributed by atoms with Gasteiger partial charge in [-0.2, -0.15) is 0 Å². The Kier molecular flexibility index (Phi) is 4.56. The second-order valence-electron chi connectivity index (χ2n) is 3.58. The summed E-state index contributed by atoms with van der Waals surface area (Å²) >= 11 is 4.85. The smallest absolute Gasteiger partial charge is 0.122 e. The molecule has 2 nitrogen and oxygen atoms in total. The Balaban J connectivity index is 2.70. The Morgan fingerprint density at radius 2 is 2.20 bits per heavy atom. The number of hydrogen-bond donors (Lipinski definition) is 1. The van der Waals surface area contributed by atoms with Crippen molar-refractivity contribution in [3.05, 3.63) is 29.3 Å². The maximum Gasteiger partial charge on any atom is 0.122 e. The average Bonchev–Trinajstić information content (AvgIpc) is 2.20. The minimum absolute atomic E-state index is 0.586. The van der Waals surface area contributed by atoms with Gasteiger partial charge in [0.15, 0.2) is 0 Å². The van der Waals surface area contributed by atoms with Crippen LogP contribution in [0.2, 0.25) is 0 Å². The number of aryl methyl sites for hydroxylation is 1. The molecule has 0 unspecified atom stereocenters. The molecule has 2 N–H and O–H groups in total. The van der Waals surface area contributed by atoms with Gasteiger partial charge >= 0.3 is 0 Å². The van der Waals surface area contributed by atoms with Crippen LogP contribution in [0.15, 0.2) is 18.2 Å². The Bertz CT molecular complexity index is 349. The van der Waals surface area contributed by atoms with Gasteiger partial charge in [-0.05, 0) is 43.4 Å². The van der Waals surface area contributed by atoms with Gasteiger partial charge in [0.25, 0.3) is 0 Å². The Morgan fingerprint density at radius 1 is 1.47 bits per heavy atom. The van der Waals surface area contributed by atoms with Gasteiger partial charge in [0.1, 0.15) is 5.75 Å². The van der Waals surface area contributed by atoms with Gasteiger partial charge in [-0.15, -0.1) is 0 Å². The number of thiocarbonyl (C=S) groups is 1. The highest BCUT2D eigenvalue weighted by molar-refractivity contribution is 7.80. The van der Waals surface area contributed by atoms with Crippen molar-refractivity contribution in [2.45, 2.75) is 26.2 Å². The van der Waals surface area contributed by atoms with Gasteiger partial charge in [-0.1, -0.05) is 24.4 Å². The average molecular weight is 223 g/mol. The standard InChI is InChI=1S/C12H17NOS/c1-9-5-3-7-11(14-2)10(9)6-4-8-12(13)15/h3,5,7H,4,6,8H2,1-2H3,(H2,13,15). The minimum atomic E-state index is 0.586. The first-order valence-electron chi connectivity index (χ1n) is 5.06. The van der Waals surface area contributed by atoms with E-state index in [-0.39, 0.29) is 0 Å². The number of benzene rings is 1. The number of hydrogen-bond acceptors (Lipinski definition) is 2. The van der Waals surface area contributed by atoms with E-state index in [1.54, 1.807) is 7.11 Å². The molecule has 0 atom stereocenters. The van der Waals surface area contributed by atoms with Crippen molar-refractivity contribution < 1.29 is 4.74 Å². The summed E-state index contributed by atoms with van der Waals surface area (Å²) in [7, 11) is 1.70. The summed E-state index contributed by atoms with van der Waals surface area (Å²) in [6, 6.07) is 6.09. The fourth-order valence-electron chi connectivity index (χ4n) is 1.63. The molecule has 1 aromatic rings. The highest BCUT2D eigenvalue weighted by Gasteiger charge is 2.05. The molecule has 0 aliphatic carbocycles. The van der Waals surface area contributed by atoms with Crippen molar-refractivity contribution in [1.29, 1.82) is 0 Å². The van der Waals surface area contributed by atoms with Crippen LogP contribution < -0.4 is 10.5 Å². The van der Waals surface area contributed by atoms with Gasteiger partial charge < -0.3 is 10.5 Å². The molecule has 0 aliphatic rings. The number of ether oxygens (including phenoxy) is 1. The highest BCUT2D eigenvalue weighted by Crippen LogP contribution is 2.23. The van der Waals surface area contributed by atoms with Crippen molar-refractivity contribution >= 4 is 17.2 Å². The van der Waals surface area contributed by atoms with Gasteiger partial charge in [0.05, 0.1) is 12.1 Å². The second-order valence-corrected chi connectivity index (χ2v) is 4.10. The van der Waals surface area contributed by atoms with E-state index in [0.29, 0.717) is 4.99 Å². The van der Waals surface area contributed by atoms with Crippen LogP contribution in [0, 0.1) is 6.92 Å². The summed E-state index contributed by atoms with van der Waals surface area (Å²) in [5.74, 6) is 0.956. The second kappa shape index (κ2) is 5.71. The lowest BCUT2D eigenvalue weighted by Crippen LogP contribution is -2.07. The quantitative estimate of drug-likeness (QED) is 0.779. The third-order valence-electron chi connectivity index (χ3n) is 2.44. The molecule has 1 rings (SSSR count). The first-order valence-corrected chi connectivity index (χ1v) is 5.46. The number of methoxy groups -OCH3 is 1. The predicted octanol–water partition coefficient (Wildman–Crippen LogP) is 2.61. The summed E-state index contributed by atoms with van der Waals surface area (Å²) in [5.41, 5.74) is 7.99. The first-order chi connectivity index (χ1) is 7.15. The van der Waals surface area contributed by atoms with Crippen LogP contribution in [0.1, 0.15) is 24.0 Å². The lowest BCUT2D eigenvalue weighted by atomic mass is 10.0. The normalized spacial score (nSPS) is 10.0. The molecule has 0 aliphatic heterocycles. The summed E-state index contributed by atoms with van der Waals surface area (Å²) in [5, 5.41) is 0. The fourth-order valence-corrected chi connectivity index (χ4v) is 1.77. The molecule has 0 heterocycles. The molecule has 15 heavy (non-hydrogen) atoms. The van der Waals surface area contributed by atoms with Crippen LogP contribution in [0.4, 0.5) is 0 Å². The van der Waals surface area contributed by atoms with Crippen molar-refractivity contribution in [1.82, 2.24) is 0 Å². The zero-order valence-corrected chi connectivity index (χ0v) is 10.1. The van der Waals surface area contributed by atoms with E-state index in [1.165, 1.54) is 11.1 Å². The van der Waals surface area contributed by atoms with E-state index in [0.717, 1.165) is 25.0 Å². The molecule has 0 bridgehead atoms. The van der Waals surface area contributed by atoms with Gasteiger partial charge in [-0.25, -0.2) is 0 Å². The predicted molar refractivity (Wildman–Crippen MR) is 67.5 cm³/mol. The van der Waals surface area contributed by atoms with Gasteiger partial charge in [0, 0.05) is 0 Å². The van der Waals surface area contributed by atoms with Crippen LogP contribution in [0.25, 0.3) is 0 Å². The van der Waals surface area contributed by atoms with Crippen molar-refractivity contribution in [3.63, 3.8) is 0 Å². The lowest BCUT2D eigenvalue weighted by molar-refractivity contribution is 0.408. The van der Waals surface area contributed by atoms with Crippen LogP contribution >= 0.6 is 12.2 Å². The van der Waals surface area contributed by atoms with Crippen LogP contribution in [0.5, 0.6) is 5.75 Å². The van der Waals surface area contributed by atoms with Crippen LogP contribution in [0.3, 0.4) is 0 Å². The fraction of sp³-hybridized carbons (Fsp3) is 0.417. The van der Waals surface area contributed by atoms with E-state index in [2.05, 4.69) is 13.0 Å². The molecular formula is C12H17NOS. The van der Waals surface area contributed by atoms with Crippen LogP contribution in [-0.4, -0.2) is 12.1 Å². The highest BCUT2D eigenvalue weighted by atomic mass is 32.1. The first kappa shape index (κ1) is 12.0. The maximum atomic E-state index is 5.47. The molecule has 0 spiro atoms. The molecule has 0 saturated carbocycles. The van der Waals surface area contributed by atoms with Crippen molar-refractivity contribution in [3.8, 4) is 5.75 Å². The zero-order valence-electron chi connectivity index (χ0n) is 9.25. The Morgan fingerprint density at radius 3 is 2.80 bits per heavy atom. The molecule has 1 aromatic carbocycles. The third kappa shape index (κ3) is 3.51. The molecule has 0 aromatic heterocycles. The van der Waals surface area contributed by atoms with Gasteiger partial charge in [-0.3, -0.25) is 0 Å². The molecule has 0 radical (unpaired) electrons. The molecule has 0 saturated heterocycles. The SMILES string of the molecule is COc1cccc(C)c1CCCC(N)=S. The third-order valence-corrected chi connectivity index (χ3v) is 2.64. The number of rotatable bonds is 5. The topological polar surface area (TPSA) is 35.2 Å². The largest absolute Gasteiger partial charge is 0.496 e. The monoisotopic (exact) mass is 223 g/mol. The van der Waals surface area contributed by atoms with E-state index >= 15 is 0 Å².